The number of thioether (sulfide) groups is 1. The predicted octanol–water partition coefficient (Wildman–Crippen LogP) is 2.72. The molecule has 1 saturated heterocycles. The molecule has 2 rings (SSSR count). The molecule has 1 aromatic carbocycles. The number of rotatable bonds is 4. The third-order valence-electron chi connectivity index (χ3n) is 2.70. The molecule has 0 spiro atoms. The highest BCUT2D eigenvalue weighted by molar-refractivity contribution is 8.26. The number of benzene rings is 1. The lowest BCUT2D eigenvalue weighted by molar-refractivity contribution is -0.137. The molecule has 0 bridgehead atoms. The van der Waals surface area contributed by atoms with Gasteiger partial charge in [-0.2, -0.15) is 0 Å². The van der Waals surface area contributed by atoms with Crippen LogP contribution in [0.15, 0.2) is 23.1 Å². The Labute approximate surface area is 135 Å². The first-order chi connectivity index (χ1) is 9.88. The summed E-state index contributed by atoms with van der Waals surface area (Å²) >= 11 is 12.0. The fraction of sp³-hybridized carbons (Fsp3) is 0.154. The Balaban J connectivity index is 2.23. The molecule has 1 aromatic rings. The average molecular weight is 344 g/mol. The summed E-state index contributed by atoms with van der Waals surface area (Å²) in [6.07, 6.45) is 1.31. The fourth-order valence-corrected chi connectivity index (χ4v) is 3.16. The smallest absolute Gasteiger partial charge is 0.305 e. The van der Waals surface area contributed by atoms with Crippen molar-refractivity contribution < 1.29 is 19.8 Å². The van der Waals surface area contributed by atoms with Gasteiger partial charge in [0.1, 0.15) is 10.1 Å². The van der Waals surface area contributed by atoms with Crippen LogP contribution >= 0.6 is 35.6 Å². The van der Waals surface area contributed by atoms with Crippen molar-refractivity contribution in [1.82, 2.24) is 4.90 Å². The van der Waals surface area contributed by atoms with Crippen LogP contribution in [0.25, 0.3) is 6.08 Å². The molecule has 8 heteroatoms. The standard InChI is InChI=1S/C13H10ClNO4S2/c14-8-1-2-9(16)7(5-8)6-10-12(19)15(13(20)21-10)4-3-11(17)18/h1-2,5-6,16H,3-4H2,(H,17,18)/b10-6+. The van der Waals surface area contributed by atoms with Gasteiger partial charge >= 0.3 is 5.97 Å². The molecule has 1 heterocycles. The summed E-state index contributed by atoms with van der Waals surface area (Å²) in [5, 5.41) is 18.8. The van der Waals surface area contributed by atoms with E-state index in [-0.39, 0.29) is 24.6 Å². The molecule has 1 amide bonds. The van der Waals surface area contributed by atoms with E-state index in [4.69, 9.17) is 28.9 Å². The molecule has 0 atom stereocenters. The van der Waals surface area contributed by atoms with Crippen molar-refractivity contribution in [2.45, 2.75) is 6.42 Å². The minimum atomic E-state index is -1.000. The lowest BCUT2D eigenvalue weighted by Gasteiger charge is -2.12. The number of carboxylic acids is 1. The molecule has 0 unspecified atom stereocenters. The molecule has 1 fully saturated rings. The maximum atomic E-state index is 12.2. The lowest BCUT2D eigenvalue weighted by atomic mass is 10.2. The number of aliphatic carboxylic acids is 1. The van der Waals surface area contributed by atoms with E-state index in [1.807, 2.05) is 0 Å². The number of nitrogens with zero attached hydrogens (tertiary/aromatic N) is 1. The molecule has 1 aliphatic rings. The van der Waals surface area contributed by atoms with E-state index in [9.17, 15) is 14.7 Å². The van der Waals surface area contributed by atoms with Crippen LogP contribution in [0.4, 0.5) is 0 Å². The number of phenolic OH excluding ortho intramolecular Hbond substituents is 1. The number of hydrogen-bond donors (Lipinski definition) is 2. The van der Waals surface area contributed by atoms with Crippen LogP contribution < -0.4 is 0 Å². The highest BCUT2D eigenvalue weighted by Gasteiger charge is 2.32. The van der Waals surface area contributed by atoms with Gasteiger partial charge < -0.3 is 10.2 Å². The zero-order valence-electron chi connectivity index (χ0n) is 10.6. The van der Waals surface area contributed by atoms with Gasteiger partial charge in [-0.3, -0.25) is 14.5 Å². The van der Waals surface area contributed by atoms with Crippen molar-refractivity contribution in [2.24, 2.45) is 0 Å². The summed E-state index contributed by atoms with van der Waals surface area (Å²) < 4.78 is 0.300. The Morgan fingerprint density at radius 3 is 2.86 bits per heavy atom. The van der Waals surface area contributed by atoms with Gasteiger partial charge in [0.2, 0.25) is 0 Å². The van der Waals surface area contributed by atoms with Crippen LogP contribution in [0.1, 0.15) is 12.0 Å². The number of carbonyl (C=O) groups excluding carboxylic acids is 1. The first kappa shape index (κ1) is 15.8. The van der Waals surface area contributed by atoms with Crippen LogP contribution in [-0.2, 0) is 9.59 Å². The van der Waals surface area contributed by atoms with E-state index in [1.165, 1.54) is 29.2 Å². The molecule has 1 aliphatic heterocycles. The van der Waals surface area contributed by atoms with Crippen LogP contribution in [0.3, 0.4) is 0 Å². The first-order valence-corrected chi connectivity index (χ1v) is 7.44. The Morgan fingerprint density at radius 1 is 1.48 bits per heavy atom. The lowest BCUT2D eigenvalue weighted by Crippen LogP contribution is -2.30. The summed E-state index contributed by atoms with van der Waals surface area (Å²) in [4.78, 5) is 24.3. The second-order valence-electron chi connectivity index (χ2n) is 4.18. The van der Waals surface area contributed by atoms with Gasteiger partial charge in [-0.1, -0.05) is 35.6 Å². The van der Waals surface area contributed by atoms with E-state index in [1.54, 1.807) is 0 Å². The van der Waals surface area contributed by atoms with Crippen molar-refractivity contribution >= 4 is 57.9 Å². The molecule has 21 heavy (non-hydrogen) atoms. The first-order valence-electron chi connectivity index (χ1n) is 5.84. The van der Waals surface area contributed by atoms with E-state index in [2.05, 4.69) is 0 Å². The van der Waals surface area contributed by atoms with E-state index in [0.717, 1.165) is 11.8 Å². The van der Waals surface area contributed by atoms with E-state index >= 15 is 0 Å². The van der Waals surface area contributed by atoms with Gasteiger partial charge in [-0.15, -0.1) is 0 Å². The number of phenols is 1. The zero-order chi connectivity index (χ0) is 15.6. The fourth-order valence-electron chi connectivity index (χ4n) is 1.68. The minimum Gasteiger partial charge on any atom is -0.507 e. The number of carboxylic acid groups (broad SMARTS) is 1. The summed E-state index contributed by atoms with van der Waals surface area (Å²) in [6, 6.07) is 4.49. The normalized spacial score (nSPS) is 16.8. The molecule has 0 saturated carbocycles. The molecule has 0 aliphatic carbocycles. The van der Waals surface area contributed by atoms with Crippen molar-refractivity contribution in [3.05, 3.63) is 33.7 Å². The van der Waals surface area contributed by atoms with Gasteiger partial charge in [0, 0.05) is 17.1 Å². The van der Waals surface area contributed by atoms with Crippen LogP contribution in [0.2, 0.25) is 5.02 Å². The average Bonchev–Trinajstić information content (AvgIpc) is 2.66. The van der Waals surface area contributed by atoms with Crippen LogP contribution in [0, 0.1) is 0 Å². The summed E-state index contributed by atoms with van der Waals surface area (Å²) in [6.45, 7) is 0.0267. The van der Waals surface area contributed by atoms with Crippen molar-refractivity contribution in [3.63, 3.8) is 0 Å². The third kappa shape index (κ3) is 3.75. The second kappa shape index (κ2) is 6.46. The summed E-state index contributed by atoms with van der Waals surface area (Å²) in [5.74, 6) is -1.37. The zero-order valence-corrected chi connectivity index (χ0v) is 13.0. The molecule has 0 radical (unpaired) electrons. The second-order valence-corrected chi connectivity index (χ2v) is 6.29. The van der Waals surface area contributed by atoms with Gasteiger partial charge in [0.15, 0.2) is 0 Å². The Morgan fingerprint density at radius 2 is 2.19 bits per heavy atom. The Kier molecular flexibility index (Phi) is 4.87. The van der Waals surface area contributed by atoms with Crippen LogP contribution in [0.5, 0.6) is 5.75 Å². The molecular formula is C13H10ClNO4S2. The van der Waals surface area contributed by atoms with Crippen molar-refractivity contribution in [1.29, 1.82) is 0 Å². The van der Waals surface area contributed by atoms with Crippen molar-refractivity contribution in [2.75, 3.05) is 6.54 Å². The maximum Gasteiger partial charge on any atom is 0.305 e. The Bertz CT molecular complexity index is 660. The molecule has 110 valence electrons. The molecule has 5 nitrogen and oxygen atoms in total. The number of amides is 1. The minimum absolute atomic E-state index is 0.00444. The number of aromatic hydroxyl groups is 1. The molecular weight excluding hydrogens is 334 g/mol. The third-order valence-corrected chi connectivity index (χ3v) is 4.31. The molecule has 2 N–H and O–H groups in total. The quantitative estimate of drug-likeness (QED) is 0.646. The van der Waals surface area contributed by atoms with E-state index in [0.29, 0.717) is 19.8 Å². The summed E-state index contributed by atoms with van der Waals surface area (Å²) in [7, 11) is 0. The SMILES string of the molecule is O=C(O)CCN1C(=O)/C(=C\c2cc(Cl)ccc2O)SC1=S. The van der Waals surface area contributed by atoms with E-state index < -0.39 is 5.97 Å². The van der Waals surface area contributed by atoms with Gasteiger partial charge in [0.05, 0.1) is 11.3 Å². The molecule has 0 aromatic heterocycles. The van der Waals surface area contributed by atoms with Crippen molar-refractivity contribution in [3.8, 4) is 5.75 Å². The number of hydrogen-bond acceptors (Lipinski definition) is 5. The van der Waals surface area contributed by atoms with Crippen LogP contribution in [-0.4, -0.2) is 37.9 Å². The monoisotopic (exact) mass is 343 g/mol. The van der Waals surface area contributed by atoms with Gasteiger partial charge in [0.25, 0.3) is 5.91 Å². The number of halogens is 1. The predicted molar refractivity (Wildman–Crippen MR) is 85.2 cm³/mol. The maximum absolute atomic E-state index is 12.2. The van der Waals surface area contributed by atoms with Gasteiger partial charge in [-0.25, -0.2) is 0 Å². The summed E-state index contributed by atoms with van der Waals surface area (Å²) in [5.41, 5.74) is 0.404. The highest BCUT2D eigenvalue weighted by Crippen LogP contribution is 2.34. The number of thiocarbonyl (C=S) groups is 1. The topological polar surface area (TPSA) is 77.8 Å². The number of carbonyl (C=O) groups is 2. The largest absolute Gasteiger partial charge is 0.507 e. The highest BCUT2D eigenvalue weighted by atomic mass is 35.5. The Hall–Kier alpha value is -1.57. The van der Waals surface area contributed by atoms with Gasteiger partial charge in [-0.05, 0) is 24.3 Å².